The molecule has 0 bridgehead atoms. The highest BCUT2D eigenvalue weighted by atomic mass is 32.2. The predicted molar refractivity (Wildman–Crippen MR) is 155 cm³/mol. The van der Waals surface area contributed by atoms with Gasteiger partial charge in [0, 0.05) is 13.6 Å². The van der Waals surface area contributed by atoms with E-state index in [1.54, 1.807) is 24.3 Å². The lowest BCUT2D eigenvalue weighted by Crippen LogP contribution is -2.55. The van der Waals surface area contributed by atoms with E-state index in [0.717, 1.165) is 32.1 Å². The largest absolute Gasteiger partial charge is 0.393 e. The third-order valence-electron chi connectivity index (χ3n) is 12.9. The molecule has 4 aliphatic carbocycles. The molecule has 4 aliphatic rings. The van der Waals surface area contributed by atoms with Gasteiger partial charge < -0.3 is 5.11 Å². The molecule has 1 aromatic carbocycles. The van der Waals surface area contributed by atoms with Crippen LogP contribution in [0.15, 0.2) is 40.3 Å². The van der Waals surface area contributed by atoms with Crippen LogP contribution >= 0.6 is 0 Å². The monoisotopic (exact) mass is 559 g/mol. The molecule has 39 heavy (non-hydrogen) atoms. The maximum absolute atomic E-state index is 14.3. The Morgan fingerprint density at radius 1 is 1.00 bits per heavy atom. The zero-order valence-corrected chi connectivity index (χ0v) is 26.0. The summed E-state index contributed by atoms with van der Waals surface area (Å²) >= 11 is 0. The fraction of sp³-hybridized carbons (Fsp3) is 0.758. The van der Waals surface area contributed by atoms with Crippen LogP contribution in [0.25, 0.3) is 0 Å². The van der Waals surface area contributed by atoms with Gasteiger partial charge in [0.2, 0.25) is 10.0 Å². The summed E-state index contributed by atoms with van der Waals surface area (Å²) in [6.07, 6.45) is 9.61. The van der Waals surface area contributed by atoms with Crippen LogP contribution in [0, 0.1) is 45.2 Å². The molecule has 0 radical (unpaired) electrons. The molecule has 1 N–H and O–H groups in total. The maximum atomic E-state index is 14.3. The van der Waals surface area contributed by atoms with E-state index in [-0.39, 0.29) is 32.7 Å². The highest BCUT2D eigenvalue weighted by Gasteiger charge is 2.63. The van der Waals surface area contributed by atoms with Crippen LogP contribution < -0.4 is 0 Å². The van der Waals surface area contributed by atoms with E-state index in [4.69, 9.17) is 0 Å². The van der Waals surface area contributed by atoms with Gasteiger partial charge in [-0.2, -0.15) is 0 Å². The summed E-state index contributed by atoms with van der Waals surface area (Å²) in [6, 6.07) is 5.65. The first-order valence-corrected chi connectivity index (χ1v) is 16.7. The summed E-state index contributed by atoms with van der Waals surface area (Å²) in [5.41, 5.74) is 3.97. The van der Waals surface area contributed by atoms with E-state index in [1.807, 2.05) is 0 Å². The third-order valence-corrected chi connectivity index (χ3v) is 14.8. The van der Waals surface area contributed by atoms with Crippen LogP contribution in [0.3, 0.4) is 0 Å². The van der Waals surface area contributed by atoms with Crippen molar-refractivity contribution in [3.05, 3.63) is 41.2 Å². The average Bonchev–Trinajstić information content (AvgIpc) is 3.16. The zero-order chi connectivity index (χ0) is 28.6. The number of hydrogen-bond acceptors (Lipinski definition) is 3. The van der Waals surface area contributed by atoms with Crippen molar-refractivity contribution in [2.45, 2.75) is 110 Å². The van der Waals surface area contributed by atoms with Crippen molar-refractivity contribution in [2.24, 2.45) is 39.4 Å². The summed E-state index contributed by atoms with van der Waals surface area (Å²) in [7, 11) is -2.28. The molecule has 2 fully saturated rings. The minimum absolute atomic E-state index is 0.0467. The van der Waals surface area contributed by atoms with Gasteiger partial charge in [0.25, 0.3) is 0 Å². The lowest BCUT2D eigenvalue weighted by molar-refractivity contribution is -0.0962. The smallest absolute Gasteiger partial charge is 0.245 e. The van der Waals surface area contributed by atoms with Crippen LogP contribution in [0.2, 0.25) is 0 Å². The van der Waals surface area contributed by atoms with Crippen molar-refractivity contribution < 1.29 is 17.9 Å². The number of fused-ring (bicyclic) bond motifs is 4. The number of nitrogens with zero attached hydrogens (tertiary/aromatic N) is 1. The summed E-state index contributed by atoms with van der Waals surface area (Å²) < 4.78 is 41.7. The Balaban J connectivity index is 1.35. The lowest BCUT2D eigenvalue weighted by Gasteiger charge is -2.62. The zero-order valence-electron chi connectivity index (χ0n) is 25.2. The van der Waals surface area contributed by atoms with Gasteiger partial charge in [0.05, 0.1) is 6.10 Å². The van der Waals surface area contributed by atoms with E-state index in [2.05, 4.69) is 41.5 Å². The van der Waals surface area contributed by atoms with Gasteiger partial charge in [-0.15, -0.1) is 0 Å². The number of benzene rings is 1. The average molecular weight is 560 g/mol. The first-order chi connectivity index (χ1) is 18.1. The molecule has 4 nitrogen and oxygen atoms in total. The molecule has 0 amide bonds. The van der Waals surface area contributed by atoms with Gasteiger partial charge >= 0.3 is 0 Å². The molecular weight excluding hydrogens is 509 g/mol. The van der Waals surface area contributed by atoms with E-state index in [0.29, 0.717) is 24.3 Å². The molecule has 0 aliphatic heterocycles. The van der Waals surface area contributed by atoms with Crippen molar-refractivity contribution in [2.75, 3.05) is 13.6 Å². The normalized spacial score (nSPS) is 38.8. The van der Waals surface area contributed by atoms with Gasteiger partial charge in [-0.3, -0.25) is 0 Å². The SMILES string of the molecule is C[C@H](CCN(C)S(=O)(=O)c1ccccc1F)[C@H]1CC[C@@]2(C)C3=C(CC[C@]12C)[C@@]1(C)CC[C@H](O)C(C)(C)[C@@H]1CC3. The lowest BCUT2D eigenvalue weighted by atomic mass is 9.43. The fourth-order valence-corrected chi connectivity index (χ4v) is 11.4. The van der Waals surface area contributed by atoms with E-state index in [1.165, 1.54) is 48.2 Å². The topological polar surface area (TPSA) is 57.6 Å². The van der Waals surface area contributed by atoms with Crippen LogP contribution in [-0.4, -0.2) is 37.5 Å². The van der Waals surface area contributed by atoms with E-state index >= 15 is 0 Å². The molecule has 6 heteroatoms. The second kappa shape index (κ2) is 9.66. The third kappa shape index (κ3) is 4.21. The Bertz CT molecular complexity index is 1260. The Labute approximate surface area is 236 Å². The molecule has 0 aromatic heterocycles. The second-order valence-electron chi connectivity index (χ2n) is 14.8. The summed E-state index contributed by atoms with van der Waals surface area (Å²) in [6.45, 7) is 14.8. The van der Waals surface area contributed by atoms with Crippen molar-refractivity contribution in [3.63, 3.8) is 0 Å². The van der Waals surface area contributed by atoms with Crippen molar-refractivity contribution in [1.82, 2.24) is 4.31 Å². The van der Waals surface area contributed by atoms with Gasteiger partial charge in [-0.05, 0) is 109 Å². The van der Waals surface area contributed by atoms with Crippen molar-refractivity contribution >= 4 is 10.0 Å². The highest BCUT2D eigenvalue weighted by molar-refractivity contribution is 7.89. The summed E-state index contributed by atoms with van der Waals surface area (Å²) in [5, 5.41) is 10.9. The number of aliphatic hydroxyl groups is 1. The molecule has 0 spiro atoms. The molecule has 0 heterocycles. The number of sulfonamides is 1. The molecule has 218 valence electrons. The van der Waals surface area contributed by atoms with Gasteiger partial charge in [-0.1, -0.05) is 64.8 Å². The highest BCUT2D eigenvalue weighted by Crippen LogP contribution is 2.72. The van der Waals surface area contributed by atoms with Crippen LogP contribution in [0.4, 0.5) is 4.39 Å². The van der Waals surface area contributed by atoms with Crippen LogP contribution in [-0.2, 0) is 10.0 Å². The first-order valence-electron chi connectivity index (χ1n) is 15.2. The number of hydrogen-bond donors (Lipinski definition) is 1. The number of allylic oxidation sites excluding steroid dienone is 2. The minimum Gasteiger partial charge on any atom is -0.393 e. The molecule has 1 aromatic rings. The molecule has 2 saturated carbocycles. The van der Waals surface area contributed by atoms with Gasteiger partial charge in [0.1, 0.15) is 10.7 Å². The Morgan fingerprint density at radius 2 is 1.69 bits per heavy atom. The molecule has 7 atom stereocenters. The van der Waals surface area contributed by atoms with Crippen molar-refractivity contribution in [1.29, 1.82) is 0 Å². The van der Waals surface area contributed by atoms with E-state index < -0.39 is 15.8 Å². The van der Waals surface area contributed by atoms with Gasteiger partial charge in [-0.25, -0.2) is 17.1 Å². The quantitative estimate of drug-likeness (QED) is 0.366. The van der Waals surface area contributed by atoms with Crippen LogP contribution in [0.1, 0.15) is 99.3 Å². The number of aliphatic hydroxyl groups excluding tert-OH is 1. The van der Waals surface area contributed by atoms with Crippen molar-refractivity contribution in [3.8, 4) is 0 Å². The fourth-order valence-electron chi connectivity index (χ4n) is 10.2. The van der Waals surface area contributed by atoms with E-state index in [9.17, 15) is 17.9 Å². The predicted octanol–water partition coefficient (Wildman–Crippen LogP) is 7.58. The molecular formula is C33H50FNO3S. The summed E-state index contributed by atoms with van der Waals surface area (Å²) in [4.78, 5) is -0.241. The number of rotatable bonds is 6. The minimum atomic E-state index is -3.85. The molecule has 0 saturated heterocycles. The maximum Gasteiger partial charge on any atom is 0.245 e. The molecule has 0 unspecified atom stereocenters. The van der Waals surface area contributed by atoms with Gasteiger partial charge in [0.15, 0.2) is 0 Å². The Morgan fingerprint density at radius 3 is 2.38 bits per heavy atom. The Hall–Kier alpha value is -1.24. The second-order valence-corrected chi connectivity index (χ2v) is 16.8. The Kier molecular flexibility index (Phi) is 7.25. The first kappa shape index (κ1) is 29.3. The standard InChI is InChI=1S/C33H50FNO3S/c1-22(17-21-35(7)39(37,38)27-11-9-8-10-26(27)34)23-14-19-33(6)25-12-13-28-30(2,3)29(36)16-18-31(28,4)24(25)15-20-32(23,33)5/h8-11,22-23,28-29,36H,12-21H2,1-7H3/t22-,23-,28+,29+,31-,32-,33+/m1/s1. The molecule has 5 rings (SSSR count). The summed E-state index contributed by atoms with van der Waals surface area (Å²) in [5.74, 6) is 0.759. The van der Waals surface area contributed by atoms with Crippen LogP contribution in [0.5, 0.6) is 0 Å². The number of halogens is 1.